The molecule has 0 bridgehead atoms. The lowest BCUT2D eigenvalue weighted by Gasteiger charge is -2.09. The van der Waals surface area contributed by atoms with Gasteiger partial charge in [0.2, 0.25) is 0 Å². The van der Waals surface area contributed by atoms with Crippen LogP contribution in [0.15, 0.2) is 82.4 Å². The maximum Gasteiger partial charge on any atom is 0.128 e. The van der Waals surface area contributed by atoms with Gasteiger partial charge in [0.1, 0.15) is 18.2 Å². The van der Waals surface area contributed by atoms with Crippen LogP contribution in [0.3, 0.4) is 0 Å². The molecule has 0 radical (unpaired) electrons. The lowest BCUT2D eigenvalue weighted by atomic mass is 10.2. The van der Waals surface area contributed by atoms with E-state index in [-0.39, 0.29) is 5.82 Å². The van der Waals surface area contributed by atoms with Gasteiger partial charge in [0.05, 0.1) is 11.9 Å². The number of rotatable bonds is 6. The Balaban J connectivity index is 1.64. The second kappa shape index (κ2) is 8.44. The maximum absolute atomic E-state index is 12.9. The smallest absolute Gasteiger partial charge is 0.128 e. The average molecular weight is 399 g/mol. The lowest BCUT2D eigenvalue weighted by molar-refractivity contribution is 0.306. The molecule has 1 N–H and O–H groups in total. The summed E-state index contributed by atoms with van der Waals surface area (Å²) in [5.74, 6) is 0.469. The van der Waals surface area contributed by atoms with Gasteiger partial charge in [0.25, 0.3) is 0 Å². The van der Waals surface area contributed by atoms with E-state index in [1.165, 1.54) is 12.1 Å². The van der Waals surface area contributed by atoms with Crippen molar-refractivity contribution >= 4 is 27.8 Å². The number of para-hydroxylation sites is 1. The summed E-state index contributed by atoms with van der Waals surface area (Å²) >= 11 is 3.42. The van der Waals surface area contributed by atoms with Gasteiger partial charge in [-0.05, 0) is 54.1 Å². The van der Waals surface area contributed by atoms with E-state index in [2.05, 4.69) is 26.5 Å². The molecule has 0 spiro atoms. The molecule has 126 valence electrons. The summed E-state index contributed by atoms with van der Waals surface area (Å²) in [6, 6.07) is 21.7. The minimum atomic E-state index is -0.277. The van der Waals surface area contributed by atoms with Gasteiger partial charge in [-0.25, -0.2) is 4.39 Å². The SMILES string of the molecule is Fc1ccc(NN=Cc2ccccc2OCc2ccc(Br)cc2)cc1. The van der Waals surface area contributed by atoms with Crippen LogP contribution in [0, 0.1) is 5.82 Å². The van der Waals surface area contributed by atoms with E-state index in [1.807, 2.05) is 48.5 Å². The van der Waals surface area contributed by atoms with E-state index in [1.54, 1.807) is 18.3 Å². The largest absolute Gasteiger partial charge is 0.488 e. The molecule has 0 heterocycles. The number of ether oxygens (including phenoxy) is 1. The normalized spacial score (nSPS) is 10.8. The summed E-state index contributed by atoms with van der Waals surface area (Å²) in [5.41, 5.74) is 5.52. The standard InChI is InChI=1S/C20H16BrFN2O/c21-17-7-5-15(6-8-17)14-25-20-4-2-1-3-16(20)13-23-24-19-11-9-18(22)10-12-19/h1-13,24H,14H2. The van der Waals surface area contributed by atoms with Crippen LogP contribution in [0.4, 0.5) is 10.1 Å². The molecule has 0 aliphatic rings. The molecule has 0 unspecified atom stereocenters. The maximum atomic E-state index is 12.9. The van der Waals surface area contributed by atoms with Gasteiger partial charge in [-0.1, -0.05) is 40.2 Å². The third kappa shape index (κ3) is 5.16. The van der Waals surface area contributed by atoms with Gasteiger partial charge in [-0.15, -0.1) is 0 Å². The molecule has 0 amide bonds. The molecule has 0 atom stereocenters. The number of hydrazone groups is 1. The number of hydrogen-bond donors (Lipinski definition) is 1. The van der Waals surface area contributed by atoms with Crippen molar-refractivity contribution in [2.24, 2.45) is 5.10 Å². The van der Waals surface area contributed by atoms with Crippen molar-refractivity contribution in [2.45, 2.75) is 6.61 Å². The Hall–Kier alpha value is -2.66. The van der Waals surface area contributed by atoms with Crippen molar-refractivity contribution in [2.75, 3.05) is 5.43 Å². The molecule has 25 heavy (non-hydrogen) atoms. The van der Waals surface area contributed by atoms with Crippen molar-refractivity contribution in [1.82, 2.24) is 0 Å². The number of nitrogens with one attached hydrogen (secondary N) is 1. The first kappa shape index (κ1) is 17.2. The highest BCUT2D eigenvalue weighted by atomic mass is 79.9. The predicted molar refractivity (Wildman–Crippen MR) is 103 cm³/mol. The van der Waals surface area contributed by atoms with Crippen molar-refractivity contribution in [3.05, 3.63) is 94.2 Å². The van der Waals surface area contributed by atoms with E-state index in [9.17, 15) is 4.39 Å². The topological polar surface area (TPSA) is 33.6 Å². The summed E-state index contributed by atoms with van der Waals surface area (Å²) in [4.78, 5) is 0. The first-order chi connectivity index (χ1) is 12.2. The van der Waals surface area contributed by atoms with Gasteiger partial charge in [0.15, 0.2) is 0 Å². The van der Waals surface area contributed by atoms with Crippen molar-refractivity contribution < 1.29 is 9.13 Å². The van der Waals surface area contributed by atoms with Crippen LogP contribution in [0.5, 0.6) is 5.75 Å². The Morgan fingerprint density at radius 2 is 1.68 bits per heavy atom. The van der Waals surface area contributed by atoms with E-state index in [4.69, 9.17) is 4.74 Å². The molecule has 0 aliphatic heterocycles. The molecule has 3 aromatic rings. The van der Waals surface area contributed by atoms with Gasteiger partial charge in [-0.2, -0.15) is 5.10 Å². The Labute approximate surface area is 154 Å². The van der Waals surface area contributed by atoms with Crippen LogP contribution in [-0.2, 0) is 6.61 Å². The molecule has 0 fully saturated rings. The van der Waals surface area contributed by atoms with Crippen LogP contribution < -0.4 is 10.2 Å². The second-order valence-corrected chi connectivity index (χ2v) is 6.25. The minimum absolute atomic E-state index is 0.277. The van der Waals surface area contributed by atoms with Crippen LogP contribution in [-0.4, -0.2) is 6.21 Å². The summed E-state index contributed by atoms with van der Waals surface area (Å²) in [6.07, 6.45) is 1.68. The first-order valence-corrected chi connectivity index (χ1v) is 8.51. The molecule has 0 saturated carbocycles. The van der Waals surface area contributed by atoms with Crippen LogP contribution in [0.2, 0.25) is 0 Å². The van der Waals surface area contributed by atoms with E-state index < -0.39 is 0 Å². The Kier molecular flexibility index (Phi) is 5.80. The summed E-state index contributed by atoms with van der Waals surface area (Å²) in [7, 11) is 0. The third-order valence-corrected chi connectivity index (χ3v) is 4.00. The van der Waals surface area contributed by atoms with Gasteiger partial charge in [0, 0.05) is 10.0 Å². The van der Waals surface area contributed by atoms with E-state index >= 15 is 0 Å². The van der Waals surface area contributed by atoms with E-state index in [0.717, 1.165) is 21.3 Å². The van der Waals surface area contributed by atoms with Gasteiger partial charge < -0.3 is 4.74 Å². The number of benzene rings is 3. The lowest BCUT2D eigenvalue weighted by Crippen LogP contribution is -1.99. The van der Waals surface area contributed by atoms with Crippen molar-refractivity contribution in [1.29, 1.82) is 0 Å². The first-order valence-electron chi connectivity index (χ1n) is 7.71. The molecule has 0 aliphatic carbocycles. The van der Waals surface area contributed by atoms with Crippen LogP contribution in [0.25, 0.3) is 0 Å². The fourth-order valence-electron chi connectivity index (χ4n) is 2.16. The van der Waals surface area contributed by atoms with Gasteiger partial charge >= 0.3 is 0 Å². The van der Waals surface area contributed by atoms with Crippen molar-refractivity contribution in [3.8, 4) is 5.75 Å². The fourth-order valence-corrected chi connectivity index (χ4v) is 2.43. The number of halogens is 2. The highest BCUT2D eigenvalue weighted by Crippen LogP contribution is 2.19. The molecule has 3 aromatic carbocycles. The molecule has 0 saturated heterocycles. The quantitative estimate of drug-likeness (QED) is 0.432. The zero-order chi connectivity index (χ0) is 17.5. The number of anilines is 1. The fraction of sp³-hybridized carbons (Fsp3) is 0.0500. The van der Waals surface area contributed by atoms with E-state index in [0.29, 0.717) is 12.3 Å². The second-order valence-electron chi connectivity index (χ2n) is 5.33. The number of nitrogens with zero attached hydrogens (tertiary/aromatic N) is 1. The minimum Gasteiger partial charge on any atom is -0.488 e. The third-order valence-electron chi connectivity index (χ3n) is 3.47. The monoisotopic (exact) mass is 398 g/mol. The molecular weight excluding hydrogens is 383 g/mol. The molecule has 3 rings (SSSR count). The predicted octanol–water partition coefficient (Wildman–Crippen LogP) is 5.61. The Bertz CT molecular complexity index is 848. The highest BCUT2D eigenvalue weighted by molar-refractivity contribution is 9.10. The Morgan fingerprint density at radius 1 is 0.960 bits per heavy atom. The Morgan fingerprint density at radius 3 is 2.44 bits per heavy atom. The molecule has 0 aromatic heterocycles. The highest BCUT2D eigenvalue weighted by Gasteiger charge is 2.01. The zero-order valence-corrected chi connectivity index (χ0v) is 14.9. The number of hydrogen-bond acceptors (Lipinski definition) is 3. The zero-order valence-electron chi connectivity index (χ0n) is 13.3. The summed E-state index contributed by atoms with van der Waals surface area (Å²) < 4.78 is 19.8. The molecule has 3 nitrogen and oxygen atoms in total. The average Bonchev–Trinajstić information content (AvgIpc) is 2.64. The molecule has 5 heteroatoms. The van der Waals surface area contributed by atoms with Crippen LogP contribution >= 0.6 is 15.9 Å². The van der Waals surface area contributed by atoms with Crippen molar-refractivity contribution in [3.63, 3.8) is 0 Å². The van der Waals surface area contributed by atoms with Crippen LogP contribution in [0.1, 0.15) is 11.1 Å². The summed E-state index contributed by atoms with van der Waals surface area (Å²) in [6.45, 7) is 0.476. The van der Waals surface area contributed by atoms with Gasteiger partial charge in [-0.3, -0.25) is 5.43 Å². The molecular formula is C20H16BrFN2O. The summed E-state index contributed by atoms with van der Waals surface area (Å²) in [5, 5.41) is 4.19.